The first-order valence-corrected chi connectivity index (χ1v) is 29.7. The number of nitrogens with one attached hydrogen (secondary N) is 4. The molecular formula is C62H80N8O10. The standard InChI is InChI=1S/C62H80N8O10/c1-77-55(71)27-25-47(67-61(75)79-3)59(73)69-51-11-7-5-9-41(51)33-53(69)57-63-45-23-21-39(31-49(45)65-57)43-29-35-13-17-37(43)19-15-36-14-18-38(20-16-35)44(30-36)40-22-24-46-50(32-40)66-58(64-46)54-34-42-10-6-8-12-52(42)70(54)60(74)48(68-62(76)80-4)26-28-56(72)78-2/h17,21-24,30-32,35,38,41-44,47-48,51-54H,5-16,18-20,25-29,33-34H2,1-4H3,(H,63,65)(H,64,66)(H,67,75)(H,68,76)/t35-,38?,41-,42-,43+,44+,47-,48-,51-,52-,53-,54-/m0/s1. The molecule has 4 heterocycles. The van der Waals surface area contributed by atoms with E-state index in [4.69, 9.17) is 28.9 Å². The normalized spacial score (nSPS) is 28.1. The Kier molecular flexibility index (Phi) is 16.7. The summed E-state index contributed by atoms with van der Waals surface area (Å²) in [6.07, 6.45) is 22.3. The van der Waals surface area contributed by atoms with Gasteiger partial charge in [0.2, 0.25) is 11.8 Å². The summed E-state index contributed by atoms with van der Waals surface area (Å²) in [4.78, 5) is 100. The maximum Gasteiger partial charge on any atom is 0.407 e. The summed E-state index contributed by atoms with van der Waals surface area (Å²) < 4.78 is 19.6. The third-order valence-corrected chi connectivity index (χ3v) is 19.6. The second-order valence-electron chi connectivity index (χ2n) is 24.0. The van der Waals surface area contributed by atoms with Crippen LogP contribution in [0.4, 0.5) is 9.59 Å². The molecule has 3 saturated carbocycles. The molecule has 12 atom stereocenters. The fourth-order valence-electron chi connectivity index (χ4n) is 15.5. The lowest BCUT2D eigenvalue weighted by Crippen LogP contribution is -2.52. The van der Waals surface area contributed by atoms with Crippen molar-refractivity contribution in [2.45, 2.75) is 189 Å². The van der Waals surface area contributed by atoms with E-state index in [1.807, 2.05) is 9.80 Å². The van der Waals surface area contributed by atoms with E-state index < -0.39 is 36.2 Å². The molecule has 2 saturated heterocycles. The number of fused-ring (bicyclic) bond motifs is 4. The molecule has 4 N–H and O–H groups in total. The number of carbonyl (C=O) groups is 6. The molecule has 2 aromatic carbocycles. The maximum absolute atomic E-state index is 14.6. The highest BCUT2D eigenvalue weighted by Gasteiger charge is 2.50. The topological polar surface area (TPSA) is 227 Å². The maximum atomic E-state index is 14.6. The number of ether oxygens (including phenoxy) is 4. The van der Waals surface area contributed by atoms with Crippen molar-refractivity contribution >= 4 is 58.0 Å². The van der Waals surface area contributed by atoms with Gasteiger partial charge in [0.05, 0.1) is 62.6 Å². The summed E-state index contributed by atoms with van der Waals surface area (Å²) in [5.41, 5.74) is 9.27. The van der Waals surface area contributed by atoms with Crippen LogP contribution in [0.5, 0.6) is 0 Å². The summed E-state index contributed by atoms with van der Waals surface area (Å²) >= 11 is 0. The van der Waals surface area contributed by atoms with Crippen molar-refractivity contribution < 1.29 is 47.7 Å². The average molecular weight is 1100 g/mol. The number of nitrogens with zero attached hydrogens (tertiary/aromatic N) is 4. The number of hydrogen-bond acceptors (Lipinski definition) is 12. The predicted molar refractivity (Wildman–Crippen MR) is 299 cm³/mol. The summed E-state index contributed by atoms with van der Waals surface area (Å²) in [6, 6.07) is 10.9. The van der Waals surface area contributed by atoms with Crippen LogP contribution in [0.3, 0.4) is 0 Å². The molecule has 4 amide bonds. The SMILES string of the molecule is COC(=O)CC[C@H](NC(=O)OC)C(=O)N1[C@H](c2nc3ccc([C@@H]4C[C@H]5CC=C4CCC4=C[C@@H](c6ccc7nc([C@@H]8C[C@@H]9CCCC[C@@H]9N8C(=O)[C@H](CCC(=O)OC)NC(=O)OC)[nH]c7c6)C(CC4)CC5)cc3[nH]2)C[C@@H]2CCCC[C@@H]21. The number of benzene rings is 2. The quantitative estimate of drug-likeness (QED) is 0.0525. The number of carbonyl (C=O) groups excluding carboxylic acids is 6. The molecule has 1 unspecified atom stereocenters. The molecule has 8 aliphatic carbocycles. The molecule has 80 heavy (non-hydrogen) atoms. The van der Waals surface area contributed by atoms with E-state index in [0.717, 1.165) is 149 Å². The molecule has 428 valence electrons. The molecule has 4 bridgehead atoms. The number of allylic oxidation sites excluding steroid dienone is 4. The monoisotopic (exact) mass is 1100 g/mol. The number of amides is 4. The van der Waals surface area contributed by atoms with Crippen molar-refractivity contribution in [1.29, 1.82) is 0 Å². The molecule has 14 rings (SSSR count). The van der Waals surface area contributed by atoms with Gasteiger partial charge in [-0.3, -0.25) is 19.2 Å². The Morgan fingerprint density at radius 3 is 1.69 bits per heavy atom. The third kappa shape index (κ3) is 11.5. The largest absolute Gasteiger partial charge is 0.469 e. The van der Waals surface area contributed by atoms with Crippen molar-refractivity contribution in [1.82, 2.24) is 40.4 Å². The smallest absolute Gasteiger partial charge is 0.407 e. The highest BCUT2D eigenvalue weighted by molar-refractivity contribution is 5.88. The van der Waals surface area contributed by atoms with Crippen LogP contribution in [-0.2, 0) is 38.1 Å². The van der Waals surface area contributed by atoms with Crippen LogP contribution in [0.2, 0.25) is 0 Å². The van der Waals surface area contributed by atoms with Crippen LogP contribution in [-0.4, -0.2) is 118 Å². The second kappa shape index (κ2) is 24.2. The van der Waals surface area contributed by atoms with Gasteiger partial charge in [-0.15, -0.1) is 0 Å². The van der Waals surface area contributed by atoms with Crippen molar-refractivity contribution in [3.8, 4) is 0 Å². The van der Waals surface area contributed by atoms with E-state index in [2.05, 4.69) is 69.2 Å². The average Bonchev–Trinajstić information content (AvgIpc) is 4.40. The minimum absolute atomic E-state index is 0.0143. The number of likely N-dealkylation sites (tertiary alicyclic amines) is 2. The van der Waals surface area contributed by atoms with Crippen LogP contribution in [0.15, 0.2) is 59.7 Å². The Labute approximate surface area is 468 Å². The summed E-state index contributed by atoms with van der Waals surface area (Å²) in [5, 5.41) is 5.45. The Hall–Kier alpha value is -6.72. The first-order valence-electron chi connectivity index (χ1n) is 29.7. The fraction of sp³-hybridized carbons (Fsp3) is 0.613. The number of imidazole rings is 2. The summed E-state index contributed by atoms with van der Waals surface area (Å²) in [6.45, 7) is 0. The minimum atomic E-state index is -0.949. The van der Waals surface area contributed by atoms with Crippen molar-refractivity contribution in [2.75, 3.05) is 28.4 Å². The van der Waals surface area contributed by atoms with Gasteiger partial charge in [0.15, 0.2) is 0 Å². The summed E-state index contributed by atoms with van der Waals surface area (Å²) in [5.74, 6) is 2.45. The molecule has 2 aromatic heterocycles. The Balaban J connectivity index is 0.812. The number of hydrogen-bond donors (Lipinski definition) is 4. The Bertz CT molecular complexity index is 3040. The number of esters is 2. The van der Waals surface area contributed by atoms with Crippen LogP contribution >= 0.6 is 0 Å². The van der Waals surface area contributed by atoms with Gasteiger partial charge in [-0.1, -0.05) is 61.1 Å². The van der Waals surface area contributed by atoms with Crippen molar-refractivity contribution in [2.24, 2.45) is 23.7 Å². The lowest BCUT2D eigenvalue weighted by atomic mass is 9.69. The Morgan fingerprint density at radius 2 is 1.14 bits per heavy atom. The van der Waals surface area contributed by atoms with E-state index in [9.17, 15) is 28.8 Å². The number of methoxy groups -OCH3 is 4. The van der Waals surface area contributed by atoms with E-state index >= 15 is 0 Å². The van der Waals surface area contributed by atoms with Crippen LogP contribution in [0.25, 0.3) is 22.1 Å². The first kappa shape index (κ1) is 55.2. The predicted octanol–water partition coefficient (Wildman–Crippen LogP) is 10.6. The second-order valence-corrected chi connectivity index (χ2v) is 24.0. The molecular weight excluding hydrogens is 1020 g/mol. The number of aromatic amines is 2. The molecule has 0 spiro atoms. The molecule has 18 nitrogen and oxygen atoms in total. The molecule has 2 aliphatic heterocycles. The first-order chi connectivity index (χ1) is 38.9. The van der Waals surface area contributed by atoms with Crippen LogP contribution in [0, 0.1) is 23.7 Å². The van der Waals surface area contributed by atoms with Gasteiger partial charge in [-0.25, -0.2) is 19.6 Å². The van der Waals surface area contributed by atoms with Crippen molar-refractivity contribution in [3.63, 3.8) is 0 Å². The van der Waals surface area contributed by atoms with E-state index in [1.54, 1.807) is 0 Å². The zero-order valence-corrected chi connectivity index (χ0v) is 47.0. The molecule has 5 fully saturated rings. The molecule has 4 aromatic rings. The number of aromatic nitrogens is 4. The van der Waals surface area contributed by atoms with E-state index in [-0.39, 0.29) is 67.6 Å². The van der Waals surface area contributed by atoms with Gasteiger partial charge in [0.25, 0.3) is 0 Å². The van der Waals surface area contributed by atoms with E-state index in [1.165, 1.54) is 50.7 Å². The van der Waals surface area contributed by atoms with Crippen molar-refractivity contribution in [3.05, 3.63) is 82.5 Å². The van der Waals surface area contributed by atoms with Gasteiger partial charge >= 0.3 is 24.1 Å². The van der Waals surface area contributed by atoms with Gasteiger partial charge in [-0.2, -0.15) is 0 Å². The zero-order valence-electron chi connectivity index (χ0n) is 47.0. The highest BCUT2D eigenvalue weighted by atomic mass is 16.5. The number of H-pyrrole nitrogens is 2. The summed E-state index contributed by atoms with van der Waals surface area (Å²) in [7, 11) is 5.17. The van der Waals surface area contributed by atoms with Crippen LogP contribution < -0.4 is 10.6 Å². The lowest BCUT2D eigenvalue weighted by Gasteiger charge is -2.36. The third-order valence-electron chi connectivity index (χ3n) is 19.6. The molecule has 18 heteroatoms. The molecule has 0 radical (unpaired) electrons. The number of alkyl carbamates (subject to hydrolysis) is 2. The minimum Gasteiger partial charge on any atom is -0.469 e. The fourth-order valence-corrected chi connectivity index (χ4v) is 15.5. The Morgan fingerprint density at radius 1 is 0.600 bits per heavy atom. The molecule has 10 aliphatic rings. The lowest BCUT2D eigenvalue weighted by molar-refractivity contribution is -0.143. The zero-order chi connectivity index (χ0) is 55.6. The highest BCUT2D eigenvalue weighted by Crippen LogP contribution is 2.50. The number of rotatable bonds is 14. The van der Waals surface area contributed by atoms with Gasteiger partial charge in [0, 0.05) is 36.8 Å². The van der Waals surface area contributed by atoms with E-state index in [0.29, 0.717) is 29.6 Å². The van der Waals surface area contributed by atoms with Crippen LogP contribution in [0.1, 0.15) is 188 Å². The van der Waals surface area contributed by atoms with Gasteiger partial charge in [-0.05, 0) is 162 Å². The van der Waals surface area contributed by atoms with Gasteiger partial charge in [0.1, 0.15) is 23.7 Å². The van der Waals surface area contributed by atoms with Gasteiger partial charge < -0.3 is 49.3 Å².